The summed E-state index contributed by atoms with van der Waals surface area (Å²) in [6, 6.07) is 10.2. The van der Waals surface area contributed by atoms with Crippen LogP contribution in [-0.4, -0.2) is 43.9 Å². The normalized spacial score (nSPS) is 19.2. The minimum Gasteiger partial charge on any atom is -0.497 e. The van der Waals surface area contributed by atoms with Crippen LogP contribution in [0.3, 0.4) is 0 Å². The van der Waals surface area contributed by atoms with E-state index in [-0.39, 0.29) is 11.9 Å². The first-order valence-electron chi connectivity index (χ1n) is 9.86. The molecule has 1 unspecified atom stereocenters. The molecule has 5 nitrogen and oxygen atoms in total. The van der Waals surface area contributed by atoms with Crippen LogP contribution in [0.4, 0.5) is 0 Å². The molecule has 1 fully saturated rings. The average molecular weight is 381 g/mol. The average Bonchev–Trinajstić information content (AvgIpc) is 2.73. The van der Waals surface area contributed by atoms with Gasteiger partial charge in [0.25, 0.3) is 5.91 Å². The molecule has 4 rings (SSSR count). The summed E-state index contributed by atoms with van der Waals surface area (Å²) in [7, 11) is 1.67. The quantitative estimate of drug-likeness (QED) is 0.807. The summed E-state index contributed by atoms with van der Waals surface area (Å²) in [6.45, 7) is 5.81. The summed E-state index contributed by atoms with van der Waals surface area (Å²) in [5.41, 5.74) is 5.24. The molecule has 1 amide bonds. The SMILES string of the molecule is COc1ccc(Cc2cc3c(c(C)c2C)OCN(C2CCCOC2)C3=O)cc1. The van der Waals surface area contributed by atoms with Gasteiger partial charge in [0.15, 0.2) is 6.73 Å². The highest BCUT2D eigenvalue weighted by atomic mass is 16.5. The number of hydrogen-bond donors (Lipinski definition) is 0. The summed E-state index contributed by atoms with van der Waals surface area (Å²) in [4.78, 5) is 15.1. The number of methoxy groups -OCH3 is 1. The summed E-state index contributed by atoms with van der Waals surface area (Å²) in [5, 5.41) is 0. The molecule has 28 heavy (non-hydrogen) atoms. The fraction of sp³-hybridized carbons (Fsp3) is 0.435. The van der Waals surface area contributed by atoms with Crippen molar-refractivity contribution >= 4 is 5.91 Å². The molecule has 1 saturated heterocycles. The molecule has 2 heterocycles. The van der Waals surface area contributed by atoms with Gasteiger partial charge < -0.3 is 14.2 Å². The Morgan fingerprint density at radius 2 is 1.96 bits per heavy atom. The zero-order valence-electron chi connectivity index (χ0n) is 16.8. The predicted octanol–water partition coefficient (Wildman–Crippen LogP) is 3.87. The molecule has 2 aliphatic rings. The number of carbonyl (C=O) groups excluding carboxylic acids is 1. The van der Waals surface area contributed by atoms with Crippen molar-refractivity contribution < 1.29 is 19.0 Å². The molecule has 148 valence electrons. The Labute approximate surface area is 166 Å². The van der Waals surface area contributed by atoms with Gasteiger partial charge in [0.2, 0.25) is 0 Å². The van der Waals surface area contributed by atoms with E-state index < -0.39 is 0 Å². The molecule has 2 aromatic carbocycles. The van der Waals surface area contributed by atoms with Crippen LogP contribution in [-0.2, 0) is 11.2 Å². The Kier molecular flexibility index (Phi) is 5.27. The summed E-state index contributed by atoms with van der Waals surface area (Å²) in [5.74, 6) is 1.63. The highest BCUT2D eigenvalue weighted by molar-refractivity contribution is 5.99. The van der Waals surface area contributed by atoms with Crippen LogP contribution >= 0.6 is 0 Å². The fourth-order valence-electron chi connectivity index (χ4n) is 4.04. The van der Waals surface area contributed by atoms with Gasteiger partial charge in [-0.2, -0.15) is 0 Å². The largest absolute Gasteiger partial charge is 0.497 e. The van der Waals surface area contributed by atoms with Gasteiger partial charge >= 0.3 is 0 Å². The molecule has 0 saturated carbocycles. The lowest BCUT2D eigenvalue weighted by Gasteiger charge is -2.37. The molecule has 5 heteroatoms. The molecule has 2 aliphatic heterocycles. The lowest BCUT2D eigenvalue weighted by atomic mass is 9.92. The van der Waals surface area contributed by atoms with Crippen LogP contribution in [0.2, 0.25) is 0 Å². The zero-order chi connectivity index (χ0) is 19.7. The maximum atomic E-state index is 13.2. The monoisotopic (exact) mass is 381 g/mol. The molecule has 0 aromatic heterocycles. The molecule has 2 aromatic rings. The number of ether oxygens (including phenoxy) is 3. The minimum absolute atomic E-state index is 0.0517. The van der Waals surface area contributed by atoms with E-state index in [4.69, 9.17) is 14.2 Å². The Morgan fingerprint density at radius 1 is 1.18 bits per heavy atom. The smallest absolute Gasteiger partial charge is 0.260 e. The zero-order valence-corrected chi connectivity index (χ0v) is 16.8. The van der Waals surface area contributed by atoms with Crippen molar-refractivity contribution in [2.24, 2.45) is 0 Å². The van der Waals surface area contributed by atoms with Gasteiger partial charge in [-0.25, -0.2) is 0 Å². The maximum Gasteiger partial charge on any atom is 0.260 e. The summed E-state index contributed by atoms with van der Waals surface area (Å²) < 4.78 is 16.9. The van der Waals surface area contributed by atoms with E-state index in [0.29, 0.717) is 18.9 Å². The topological polar surface area (TPSA) is 48.0 Å². The highest BCUT2D eigenvalue weighted by Gasteiger charge is 2.34. The van der Waals surface area contributed by atoms with Gasteiger partial charge in [-0.3, -0.25) is 9.69 Å². The van der Waals surface area contributed by atoms with Gasteiger partial charge in [0, 0.05) is 6.61 Å². The van der Waals surface area contributed by atoms with Crippen LogP contribution in [0, 0.1) is 13.8 Å². The number of hydrogen-bond acceptors (Lipinski definition) is 4. The van der Waals surface area contributed by atoms with Gasteiger partial charge in [-0.1, -0.05) is 12.1 Å². The lowest BCUT2D eigenvalue weighted by Crippen LogP contribution is -2.49. The van der Waals surface area contributed by atoms with E-state index in [1.54, 1.807) is 7.11 Å². The summed E-state index contributed by atoms with van der Waals surface area (Å²) in [6.07, 6.45) is 2.72. The second kappa shape index (κ2) is 7.84. The van der Waals surface area contributed by atoms with Gasteiger partial charge in [0.05, 0.1) is 25.3 Å². The van der Waals surface area contributed by atoms with Crippen LogP contribution in [0.5, 0.6) is 11.5 Å². The fourth-order valence-corrected chi connectivity index (χ4v) is 4.04. The Balaban J connectivity index is 1.64. The van der Waals surface area contributed by atoms with E-state index in [2.05, 4.69) is 19.1 Å². The molecule has 0 spiro atoms. The van der Waals surface area contributed by atoms with Crippen LogP contribution in [0.15, 0.2) is 30.3 Å². The molecule has 0 bridgehead atoms. The van der Waals surface area contributed by atoms with E-state index in [0.717, 1.165) is 48.5 Å². The molecule has 0 radical (unpaired) electrons. The first-order chi connectivity index (χ1) is 13.6. The molecular formula is C23H27NO4. The summed E-state index contributed by atoms with van der Waals surface area (Å²) >= 11 is 0. The first-order valence-corrected chi connectivity index (χ1v) is 9.86. The Bertz CT molecular complexity index is 869. The van der Waals surface area contributed by atoms with Crippen molar-refractivity contribution in [2.45, 2.75) is 39.2 Å². The number of rotatable bonds is 4. The number of fused-ring (bicyclic) bond motifs is 1. The number of carbonyl (C=O) groups is 1. The molecule has 0 aliphatic carbocycles. The van der Waals surface area contributed by atoms with E-state index in [1.165, 1.54) is 11.1 Å². The lowest BCUT2D eigenvalue weighted by molar-refractivity contribution is -0.0101. The Hall–Kier alpha value is -2.53. The number of benzene rings is 2. The highest BCUT2D eigenvalue weighted by Crippen LogP contribution is 2.35. The first kappa shape index (κ1) is 18.8. The third kappa shape index (κ3) is 3.47. The van der Waals surface area contributed by atoms with Crippen LogP contribution in [0.1, 0.15) is 45.5 Å². The molecule has 0 N–H and O–H groups in total. The number of amides is 1. The standard InChI is InChI=1S/C23H27NO4/c1-15-16(2)22-21(12-18(15)11-17-6-8-20(26-3)9-7-17)23(25)24(14-28-22)19-5-4-10-27-13-19/h6-9,12,19H,4-5,10-11,13-14H2,1-3H3. The molecular weight excluding hydrogens is 354 g/mol. The Morgan fingerprint density at radius 3 is 2.64 bits per heavy atom. The van der Waals surface area contributed by atoms with Crippen molar-refractivity contribution in [2.75, 3.05) is 27.1 Å². The molecule has 1 atom stereocenters. The third-order valence-electron chi connectivity index (χ3n) is 5.92. The minimum atomic E-state index is 0.0517. The van der Waals surface area contributed by atoms with E-state index in [9.17, 15) is 4.79 Å². The van der Waals surface area contributed by atoms with E-state index in [1.807, 2.05) is 30.0 Å². The maximum absolute atomic E-state index is 13.2. The van der Waals surface area contributed by atoms with Crippen molar-refractivity contribution in [1.29, 1.82) is 0 Å². The number of nitrogens with zero attached hydrogens (tertiary/aromatic N) is 1. The predicted molar refractivity (Wildman–Crippen MR) is 107 cm³/mol. The van der Waals surface area contributed by atoms with Crippen molar-refractivity contribution in [3.63, 3.8) is 0 Å². The van der Waals surface area contributed by atoms with Crippen molar-refractivity contribution in [3.05, 3.63) is 58.1 Å². The van der Waals surface area contributed by atoms with Gasteiger partial charge in [0.1, 0.15) is 11.5 Å². The van der Waals surface area contributed by atoms with Gasteiger partial charge in [-0.15, -0.1) is 0 Å². The second-order valence-electron chi connectivity index (χ2n) is 7.61. The van der Waals surface area contributed by atoms with Crippen molar-refractivity contribution in [1.82, 2.24) is 4.90 Å². The van der Waals surface area contributed by atoms with E-state index >= 15 is 0 Å². The van der Waals surface area contributed by atoms with Crippen LogP contribution in [0.25, 0.3) is 0 Å². The van der Waals surface area contributed by atoms with Gasteiger partial charge in [-0.05, 0) is 73.6 Å². The second-order valence-corrected chi connectivity index (χ2v) is 7.61. The van der Waals surface area contributed by atoms with Crippen LogP contribution < -0.4 is 9.47 Å². The van der Waals surface area contributed by atoms with Crippen molar-refractivity contribution in [3.8, 4) is 11.5 Å². The third-order valence-corrected chi connectivity index (χ3v) is 5.92.